The molecule has 7 atom stereocenters. The molecule has 0 spiro atoms. The van der Waals surface area contributed by atoms with Gasteiger partial charge in [-0.25, -0.2) is 0 Å². The van der Waals surface area contributed by atoms with Crippen LogP contribution in [0.4, 0.5) is 0 Å². The van der Waals surface area contributed by atoms with Crippen LogP contribution in [-0.2, 0) is 9.59 Å². The maximum absolute atomic E-state index is 14.6. The van der Waals surface area contributed by atoms with Crippen molar-refractivity contribution in [3.05, 3.63) is 12.2 Å². The first-order valence-corrected chi connectivity index (χ1v) is 16.4. The lowest BCUT2D eigenvalue weighted by Gasteiger charge is -2.59. The Hall–Kier alpha value is -1.43. The van der Waals surface area contributed by atoms with Gasteiger partial charge in [-0.1, -0.05) is 58.4 Å². The van der Waals surface area contributed by atoms with Crippen LogP contribution in [0.15, 0.2) is 12.2 Å². The van der Waals surface area contributed by atoms with Crippen molar-refractivity contribution in [2.75, 3.05) is 0 Å². The molecule has 6 aliphatic rings. The highest BCUT2D eigenvalue weighted by Gasteiger charge is 2.61. The van der Waals surface area contributed by atoms with Gasteiger partial charge in [0, 0.05) is 29.5 Å². The van der Waals surface area contributed by atoms with E-state index in [4.69, 9.17) is 12.2 Å². The number of nitrogens with zero attached hydrogens (tertiary/aromatic N) is 1. The molecular formula is C32H49N3O2S. The summed E-state index contributed by atoms with van der Waals surface area (Å²) in [6.07, 6.45) is 22.7. The lowest BCUT2D eigenvalue weighted by Crippen LogP contribution is -2.60. The number of hydrogen-bond acceptors (Lipinski definition) is 3. The third-order valence-electron chi connectivity index (χ3n) is 12.3. The van der Waals surface area contributed by atoms with Gasteiger partial charge in [0.1, 0.15) is 0 Å². The topological polar surface area (TPSA) is 61.4 Å². The van der Waals surface area contributed by atoms with Crippen LogP contribution < -0.4 is 10.6 Å². The molecule has 0 saturated heterocycles. The minimum Gasteiger partial charge on any atom is -0.359 e. The average molecular weight is 540 g/mol. The van der Waals surface area contributed by atoms with Crippen molar-refractivity contribution in [3.63, 3.8) is 0 Å². The van der Waals surface area contributed by atoms with E-state index < -0.39 is 0 Å². The number of thiocarbonyl (C=S) groups is 1. The van der Waals surface area contributed by atoms with Crippen molar-refractivity contribution in [2.45, 2.75) is 135 Å². The number of hydrogen-bond donors (Lipinski definition) is 2. The molecule has 1 aliphatic heterocycles. The Morgan fingerprint density at radius 1 is 0.921 bits per heavy atom. The third kappa shape index (κ3) is 4.55. The first-order valence-electron chi connectivity index (χ1n) is 15.9. The number of fused-ring (bicyclic) bond motifs is 5. The number of carbonyl (C=O) groups excluding carboxylic acids is 2. The molecule has 2 unspecified atom stereocenters. The van der Waals surface area contributed by atoms with Gasteiger partial charge >= 0.3 is 0 Å². The van der Waals surface area contributed by atoms with E-state index in [2.05, 4.69) is 35.5 Å². The summed E-state index contributed by atoms with van der Waals surface area (Å²) in [7, 11) is 0. The van der Waals surface area contributed by atoms with Gasteiger partial charge in [-0.05, 0) is 106 Å². The Morgan fingerprint density at radius 3 is 2.37 bits per heavy atom. The maximum atomic E-state index is 14.6. The zero-order valence-corrected chi connectivity index (χ0v) is 24.5. The lowest BCUT2D eigenvalue weighted by molar-refractivity contribution is -0.142. The van der Waals surface area contributed by atoms with Gasteiger partial charge in [-0.3, -0.25) is 14.5 Å². The molecule has 6 rings (SSSR count). The molecular weight excluding hydrogens is 490 g/mol. The van der Waals surface area contributed by atoms with Gasteiger partial charge in [0.15, 0.2) is 5.11 Å². The van der Waals surface area contributed by atoms with Gasteiger partial charge in [0.25, 0.3) is 0 Å². The van der Waals surface area contributed by atoms with Crippen LogP contribution in [0.3, 0.4) is 0 Å². The SMILES string of the molecule is C[C@]12C=CC(=O)NC1CC[C@@H]1[C@H]2CC[C@]2(C)C(C(=O)N(C(=S)NC3CCCCC3)C3CCCCC3)CC[C@@H]12. The second kappa shape index (κ2) is 10.5. The fourth-order valence-electron chi connectivity index (χ4n) is 10.2. The van der Waals surface area contributed by atoms with Crippen LogP contribution >= 0.6 is 12.2 Å². The first kappa shape index (κ1) is 26.8. The van der Waals surface area contributed by atoms with Crippen molar-refractivity contribution in [1.82, 2.24) is 15.5 Å². The van der Waals surface area contributed by atoms with Crippen molar-refractivity contribution >= 4 is 29.1 Å². The van der Waals surface area contributed by atoms with Gasteiger partial charge in [0.05, 0.1) is 0 Å². The Labute approximate surface area is 235 Å². The predicted octanol–water partition coefficient (Wildman–Crippen LogP) is 6.27. The molecule has 0 bridgehead atoms. The van der Waals surface area contributed by atoms with Gasteiger partial charge in [-0.2, -0.15) is 0 Å². The van der Waals surface area contributed by atoms with E-state index in [1.807, 2.05) is 0 Å². The van der Waals surface area contributed by atoms with Gasteiger partial charge in [0.2, 0.25) is 11.8 Å². The molecule has 5 saturated carbocycles. The highest BCUT2D eigenvalue weighted by Crippen LogP contribution is 2.65. The van der Waals surface area contributed by atoms with E-state index in [1.54, 1.807) is 6.08 Å². The first-order chi connectivity index (χ1) is 18.3. The maximum Gasteiger partial charge on any atom is 0.243 e. The number of amides is 2. The molecule has 5 fully saturated rings. The second-order valence-electron chi connectivity index (χ2n) is 14.2. The summed E-state index contributed by atoms with van der Waals surface area (Å²) in [4.78, 5) is 28.8. The summed E-state index contributed by atoms with van der Waals surface area (Å²) in [5, 5.41) is 7.69. The smallest absolute Gasteiger partial charge is 0.243 e. The molecule has 2 N–H and O–H groups in total. The standard InChI is InChI=1S/C32H49N3O2S/c1-31-19-17-25-23(13-16-27-32(25,2)20-18-28(36)34-27)24(31)14-15-26(31)29(37)35(22-11-7-4-8-12-22)30(38)33-21-9-5-3-6-10-21/h18,20-27H,3-17,19H2,1-2H3,(H,33,38)(H,34,36)/t23-,24-,25+,26?,27?,31-,32+/m0/s1. The Morgan fingerprint density at radius 2 is 1.63 bits per heavy atom. The lowest BCUT2D eigenvalue weighted by atomic mass is 9.48. The van der Waals surface area contributed by atoms with Crippen LogP contribution in [0.1, 0.15) is 117 Å². The summed E-state index contributed by atoms with van der Waals surface area (Å²) in [5.74, 6) is 2.30. The van der Waals surface area contributed by atoms with E-state index in [0.717, 1.165) is 50.1 Å². The Bertz CT molecular complexity index is 970. The van der Waals surface area contributed by atoms with Crippen molar-refractivity contribution in [2.24, 2.45) is 34.5 Å². The summed E-state index contributed by atoms with van der Waals surface area (Å²) in [5.41, 5.74) is 0.0936. The fraction of sp³-hybridized carbons (Fsp3) is 0.844. The zero-order valence-electron chi connectivity index (χ0n) is 23.7. The van der Waals surface area contributed by atoms with Crippen molar-refractivity contribution in [1.29, 1.82) is 0 Å². The molecule has 1 heterocycles. The van der Waals surface area contributed by atoms with Gasteiger partial charge in [-0.15, -0.1) is 0 Å². The molecule has 210 valence electrons. The Kier molecular flexibility index (Phi) is 7.41. The normalized spacial score (nSPS) is 41.4. The molecule has 0 aromatic rings. The van der Waals surface area contributed by atoms with E-state index in [-0.39, 0.29) is 34.7 Å². The average Bonchev–Trinajstić information content (AvgIpc) is 3.27. The molecule has 2 amide bonds. The summed E-state index contributed by atoms with van der Waals surface area (Å²) >= 11 is 6.06. The zero-order chi connectivity index (χ0) is 26.5. The van der Waals surface area contributed by atoms with Crippen LogP contribution in [-0.4, -0.2) is 40.0 Å². The highest BCUT2D eigenvalue weighted by atomic mass is 32.1. The number of carbonyl (C=O) groups is 2. The van der Waals surface area contributed by atoms with E-state index >= 15 is 0 Å². The van der Waals surface area contributed by atoms with Crippen LogP contribution in [0, 0.1) is 34.5 Å². The monoisotopic (exact) mass is 539 g/mol. The fourth-order valence-corrected chi connectivity index (χ4v) is 10.6. The van der Waals surface area contributed by atoms with Crippen LogP contribution in [0.5, 0.6) is 0 Å². The van der Waals surface area contributed by atoms with Crippen molar-refractivity contribution in [3.8, 4) is 0 Å². The third-order valence-corrected chi connectivity index (χ3v) is 12.6. The molecule has 5 aliphatic carbocycles. The van der Waals surface area contributed by atoms with E-state index in [1.165, 1.54) is 57.8 Å². The molecule has 5 nitrogen and oxygen atoms in total. The minimum atomic E-state index is 0.0415. The van der Waals surface area contributed by atoms with Crippen LogP contribution in [0.2, 0.25) is 0 Å². The molecule has 38 heavy (non-hydrogen) atoms. The van der Waals surface area contributed by atoms with Gasteiger partial charge < -0.3 is 10.6 Å². The predicted molar refractivity (Wildman–Crippen MR) is 155 cm³/mol. The molecule has 6 heteroatoms. The molecule has 0 aromatic carbocycles. The summed E-state index contributed by atoms with van der Waals surface area (Å²) in [6, 6.07) is 0.955. The Balaban J connectivity index is 1.23. The summed E-state index contributed by atoms with van der Waals surface area (Å²) in [6.45, 7) is 4.83. The molecule has 0 radical (unpaired) electrons. The van der Waals surface area contributed by atoms with E-state index in [0.29, 0.717) is 29.7 Å². The van der Waals surface area contributed by atoms with Crippen molar-refractivity contribution < 1.29 is 9.59 Å². The minimum absolute atomic E-state index is 0.0415. The summed E-state index contributed by atoms with van der Waals surface area (Å²) < 4.78 is 0. The van der Waals surface area contributed by atoms with Crippen LogP contribution in [0.25, 0.3) is 0 Å². The van der Waals surface area contributed by atoms with E-state index in [9.17, 15) is 9.59 Å². The quantitative estimate of drug-likeness (QED) is 0.415. The largest absolute Gasteiger partial charge is 0.359 e. The number of nitrogens with one attached hydrogen (secondary N) is 2. The highest BCUT2D eigenvalue weighted by molar-refractivity contribution is 7.80. The molecule has 0 aromatic heterocycles. The number of rotatable bonds is 3. The second-order valence-corrected chi connectivity index (χ2v) is 14.6.